The zero-order valence-electron chi connectivity index (χ0n) is 14.1. The van der Waals surface area contributed by atoms with Gasteiger partial charge >= 0.3 is 0 Å². The second-order valence-electron chi connectivity index (χ2n) is 5.21. The fourth-order valence-electron chi connectivity index (χ4n) is 2.21. The molecule has 0 aliphatic heterocycles. The van der Waals surface area contributed by atoms with Crippen molar-refractivity contribution in [1.29, 1.82) is 0 Å². The fraction of sp³-hybridized carbons (Fsp3) is 0.278. The summed E-state index contributed by atoms with van der Waals surface area (Å²) in [5, 5.41) is 7.15. The minimum atomic E-state index is -0.262. The predicted octanol–water partition coefficient (Wildman–Crippen LogP) is 4.15. The van der Waals surface area contributed by atoms with Crippen LogP contribution in [0.3, 0.4) is 0 Å². The molecule has 0 aliphatic carbocycles. The first-order valence-corrected chi connectivity index (χ1v) is 7.97. The summed E-state index contributed by atoms with van der Waals surface area (Å²) in [6.45, 7) is 1.15. The standard InChI is InChI=1S/C18H21ClFN3O.HI/c1-21-18(22-11-13-3-7-15(19)8-4-13)23-12-17(24-2)14-5-9-16(20)10-6-14;/h3-10,17H,11-12H2,1-2H3,(H2,21,22,23);1H. The molecule has 7 heteroatoms. The minimum Gasteiger partial charge on any atom is -0.375 e. The summed E-state index contributed by atoms with van der Waals surface area (Å²) < 4.78 is 18.5. The summed E-state index contributed by atoms with van der Waals surface area (Å²) in [6.07, 6.45) is -0.195. The number of ether oxygens (including phenoxy) is 1. The topological polar surface area (TPSA) is 45.7 Å². The van der Waals surface area contributed by atoms with Gasteiger partial charge in [0, 0.05) is 32.3 Å². The Hall–Kier alpha value is -1.38. The Kier molecular flexibility index (Phi) is 9.77. The van der Waals surface area contributed by atoms with Crippen molar-refractivity contribution >= 4 is 41.5 Å². The largest absolute Gasteiger partial charge is 0.375 e. The lowest BCUT2D eigenvalue weighted by atomic mass is 10.1. The molecule has 1 atom stereocenters. The van der Waals surface area contributed by atoms with Gasteiger partial charge in [-0.05, 0) is 35.4 Å². The van der Waals surface area contributed by atoms with Gasteiger partial charge < -0.3 is 15.4 Å². The van der Waals surface area contributed by atoms with Crippen LogP contribution in [-0.2, 0) is 11.3 Å². The summed E-state index contributed by atoms with van der Waals surface area (Å²) in [5.41, 5.74) is 2.00. The van der Waals surface area contributed by atoms with Crippen LogP contribution in [0.4, 0.5) is 4.39 Å². The molecule has 2 rings (SSSR count). The molecular formula is C18H22ClFIN3O. The molecule has 1 unspecified atom stereocenters. The smallest absolute Gasteiger partial charge is 0.191 e. The summed E-state index contributed by atoms with van der Waals surface area (Å²) in [7, 11) is 3.33. The van der Waals surface area contributed by atoms with Crippen LogP contribution >= 0.6 is 35.6 Å². The van der Waals surface area contributed by atoms with Gasteiger partial charge in [-0.25, -0.2) is 4.39 Å². The van der Waals surface area contributed by atoms with Crippen molar-refractivity contribution in [1.82, 2.24) is 10.6 Å². The van der Waals surface area contributed by atoms with E-state index in [1.807, 2.05) is 24.3 Å². The molecule has 2 aromatic carbocycles. The Balaban J connectivity index is 0.00000312. The molecule has 0 fully saturated rings. The maximum absolute atomic E-state index is 13.0. The molecule has 25 heavy (non-hydrogen) atoms. The van der Waals surface area contributed by atoms with Gasteiger partial charge in [-0.15, -0.1) is 24.0 Å². The number of nitrogens with zero attached hydrogens (tertiary/aromatic N) is 1. The summed E-state index contributed by atoms with van der Waals surface area (Å²) in [5.74, 6) is 0.399. The van der Waals surface area contributed by atoms with Gasteiger partial charge in [0.25, 0.3) is 0 Å². The molecule has 0 heterocycles. The first-order chi connectivity index (χ1) is 11.6. The van der Waals surface area contributed by atoms with Gasteiger partial charge in [-0.2, -0.15) is 0 Å². The van der Waals surface area contributed by atoms with Gasteiger partial charge in [-0.1, -0.05) is 35.9 Å². The second-order valence-corrected chi connectivity index (χ2v) is 5.65. The summed E-state index contributed by atoms with van der Waals surface area (Å²) in [4.78, 5) is 4.19. The Morgan fingerprint density at radius 2 is 1.76 bits per heavy atom. The fourth-order valence-corrected chi connectivity index (χ4v) is 2.34. The maximum Gasteiger partial charge on any atom is 0.191 e. The number of hydrogen-bond acceptors (Lipinski definition) is 2. The Bertz CT molecular complexity index is 665. The number of hydrogen-bond donors (Lipinski definition) is 2. The van der Waals surface area contributed by atoms with E-state index >= 15 is 0 Å². The van der Waals surface area contributed by atoms with Crippen molar-refractivity contribution in [2.45, 2.75) is 12.6 Å². The van der Waals surface area contributed by atoms with Crippen molar-refractivity contribution in [3.05, 3.63) is 70.5 Å². The highest BCUT2D eigenvalue weighted by molar-refractivity contribution is 14.0. The molecule has 0 aromatic heterocycles. The van der Waals surface area contributed by atoms with E-state index in [1.54, 1.807) is 26.3 Å². The summed E-state index contributed by atoms with van der Waals surface area (Å²) >= 11 is 5.88. The molecule has 136 valence electrons. The highest BCUT2D eigenvalue weighted by Crippen LogP contribution is 2.16. The van der Waals surface area contributed by atoms with Crippen LogP contribution in [0.25, 0.3) is 0 Å². The van der Waals surface area contributed by atoms with E-state index in [-0.39, 0.29) is 35.9 Å². The minimum absolute atomic E-state index is 0. The van der Waals surface area contributed by atoms with Gasteiger partial charge in [0.2, 0.25) is 0 Å². The van der Waals surface area contributed by atoms with E-state index in [0.29, 0.717) is 24.1 Å². The normalized spacial score (nSPS) is 12.2. The molecular weight excluding hydrogens is 456 g/mol. The number of aliphatic imine (C=N–C) groups is 1. The lowest BCUT2D eigenvalue weighted by Gasteiger charge is -2.19. The van der Waals surface area contributed by atoms with E-state index in [9.17, 15) is 4.39 Å². The zero-order chi connectivity index (χ0) is 17.4. The van der Waals surface area contributed by atoms with Crippen molar-refractivity contribution in [3.8, 4) is 0 Å². The predicted molar refractivity (Wildman–Crippen MR) is 111 cm³/mol. The third-order valence-electron chi connectivity index (χ3n) is 3.58. The molecule has 0 bridgehead atoms. The Morgan fingerprint density at radius 3 is 2.32 bits per heavy atom. The van der Waals surface area contributed by atoms with Crippen LogP contribution in [-0.4, -0.2) is 26.7 Å². The number of halogens is 3. The van der Waals surface area contributed by atoms with Gasteiger partial charge in [-0.3, -0.25) is 4.99 Å². The van der Waals surface area contributed by atoms with Crippen LogP contribution in [0.5, 0.6) is 0 Å². The molecule has 0 saturated heterocycles. The van der Waals surface area contributed by atoms with Crippen LogP contribution in [0, 0.1) is 5.82 Å². The average Bonchev–Trinajstić information content (AvgIpc) is 2.61. The lowest BCUT2D eigenvalue weighted by Crippen LogP contribution is -2.39. The molecule has 0 amide bonds. The van der Waals surface area contributed by atoms with E-state index < -0.39 is 0 Å². The van der Waals surface area contributed by atoms with Crippen molar-refractivity contribution in [2.24, 2.45) is 4.99 Å². The van der Waals surface area contributed by atoms with Crippen LogP contribution in [0.1, 0.15) is 17.2 Å². The van der Waals surface area contributed by atoms with Gasteiger partial charge in [0.05, 0.1) is 6.10 Å². The quantitative estimate of drug-likeness (QED) is 0.373. The highest BCUT2D eigenvalue weighted by atomic mass is 127. The number of nitrogens with one attached hydrogen (secondary N) is 2. The van der Waals surface area contributed by atoms with E-state index in [0.717, 1.165) is 11.1 Å². The van der Waals surface area contributed by atoms with Crippen molar-refractivity contribution < 1.29 is 9.13 Å². The van der Waals surface area contributed by atoms with Gasteiger partial charge in [0.15, 0.2) is 5.96 Å². The van der Waals surface area contributed by atoms with Crippen LogP contribution < -0.4 is 10.6 Å². The molecule has 2 N–H and O–H groups in total. The number of guanidine groups is 1. The Morgan fingerprint density at radius 1 is 1.12 bits per heavy atom. The molecule has 0 spiro atoms. The zero-order valence-corrected chi connectivity index (χ0v) is 17.2. The highest BCUT2D eigenvalue weighted by Gasteiger charge is 2.11. The SMILES string of the molecule is CN=C(NCc1ccc(Cl)cc1)NCC(OC)c1ccc(F)cc1.I. The first kappa shape index (κ1) is 21.7. The molecule has 0 saturated carbocycles. The van der Waals surface area contributed by atoms with Crippen LogP contribution in [0.2, 0.25) is 5.02 Å². The maximum atomic E-state index is 13.0. The van der Waals surface area contributed by atoms with Crippen molar-refractivity contribution in [2.75, 3.05) is 20.7 Å². The monoisotopic (exact) mass is 477 g/mol. The average molecular weight is 478 g/mol. The Labute approximate surface area is 169 Å². The molecule has 4 nitrogen and oxygen atoms in total. The second kappa shape index (κ2) is 11.3. The third kappa shape index (κ3) is 7.17. The molecule has 0 aliphatic rings. The third-order valence-corrected chi connectivity index (χ3v) is 3.83. The number of methoxy groups -OCH3 is 1. The van der Waals surface area contributed by atoms with E-state index in [2.05, 4.69) is 15.6 Å². The summed E-state index contributed by atoms with van der Waals surface area (Å²) in [6, 6.07) is 13.9. The number of rotatable bonds is 6. The van der Waals surface area contributed by atoms with Gasteiger partial charge in [0.1, 0.15) is 5.82 Å². The van der Waals surface area contributed by atoms with E-state index in [1.165, 1.54) is 12.1 Å². The van der Waals surface area contributed by atoms with Crippen molar-refractivity contribution in [3.63, 3.8) is 0 Å². The molecule has 2 aromatic rings. The molecule has 0 radical (unpaired) electrons. The van der Waals surface area contributed by atoms with Crippen LogP contribution in [0.15, 0.2) is 53.5 Å². The number of benzene rings is 2. The lowest BCUT2D eigenvalue weighted by molar-refractivity contribution is 0.106. The first-order valence-electron chi connectivity index (χ1n) is 7.59. The van der Waals surface area contributed by atoms with E-state index in [4.69, 9.17) is 16.3 Å².